The second-order valence-corrected chi connectivity index (χ2v) is 16.8. The van der Waals surface area contributed by atoms with Crippen molar-refractivity contribution in [3.63, 3.8) is 0 Å². The van der Waals surface area contributed by atoms with Gasteiger partial charge >= 0.3 is 5.97 Å². The molecule has 1 aromatic carbocycles. The molecule has 0 radical (unpaired) electrons. The van der Waals surface area contributed by atoms with Gasteiger partial charge < -0.3 is 68.6 Å². The summed E-state index contributed by atoms with van der Waals surface area (Å²) in [6.45, 7) is 2.15. The Balaban J connectivity index is 1.61. The number of nitrogens with zero attached hydrogens (tertiary/aromatic N) is 4. The lowest BCUT2D eigenvalue weighted by atomic mass is 10.1. The summed E-state index contributed by atoms with van der Waals surface area (Å²) >= 11 is 0. The van der Waals surface area contributed by atoms with Crippen molar-refractivity contribution in [1.29, 1.82) is 0 Å². The van der Waals surface area contributed by atoms with Crippen LogP contribution in [0.5, 0.6) is 0 Å². The number of hydrogen-bond acceptors (Lipinski definition) is 18. The van der Waals surface area contributed by atoms with Gasteiger partial charge in [-0.1, -0.05) is 28.5 Å². The van der Waals surface area contributed by atoms with Crippen LogP contribution in [0, 0.1) is 0 Å². The second kappa shape index (κ2) is 27.9. The molecule has 2 heterocycles. The number of aldehydes is 3. The topological polar surface area (TPSA) is 408 Å². The van der Waals surface area contributed by atoms with Crippen LogP contribution in [0.15, 0.2) is 40.2 Å². The summed E-state index contributed by atoms with van der Waals surface area (Å²) in [5.74, 6) is -5.17. The summed E-state index contributed by atoms with van der Waals surface area (Å²) < 4.78 is 0. The number of rotatable bonds is 30. The van der Waals surface area contributed by atoms with E-state index in [1.807, 2.05) is 6.92 Å². The maximum absolute atomic E-state index is 13.5. The number of carboxylic acid groups (broad SMARTS) is 1. The molecule has 27 heteroatoms. The van der Waals surface area contributed by atoms with Gasteiger partial charge in [0.1, 0.15) is 43.0 Å². The lowest BCUT2D eigenvalue weighted by Gasteiger charge is -2.25. The van der Waals surface area contributed by atoms with Gasteiger partial charge in [-0.15, -0.1) is 0 Å². The van der Waals surface area contributed by atoms with E-state index in [2.05, 4.69) is 56.8 Å². The molecule has 0 bridgehead atoms. The van der Waals surface area contributed by atoms with Crippen LogP contribution in [0.25, 0.3) is 11.2 Å². The van der Waals surface area contributed by atoms with Gasteiger partial charge in [0.15, 0.2) is 17.1 Å². The fourth-order valence-corrected chi connectivity index (χ4v) is 7.93. The molecule has 356 valence electrons. The molecule has 0 spiro atoms. The minimum atomic E-state index is -1.56. The van der Waals surface area contributed by atoms with Crippen LogP contribution in [0.4, 0.5) is 11.6 Å². The molecule has 5 amide bonds. The monoisotopic (exact) mass is 956 g/mol. The van der Waals surface area contributed by atoms with Crippen LogP contribution in [0.1, 0.15) is 67.9 Å². The van der Waals surface area contributed by atoms with Gasteiger partial charge in [0, 0.05) is 48.6 Å². The number of carbonyl (C=O) groups excluding carboxylic acids is 8. The number of aliphatic carboxylic acids is 1. The number of nitrogens with one attached hydrogen (secondary N) is 7. The third-order valence-electron chi connectivity index (χ3n) is 9.01. The van der Waals surface area contributed by atoms with E-state index >= 15 is 0 Å². The molecule has 0 aliphatic rings. The average Bonchev–Trinajstić information content (AvgIpc) is 3.28. The SMILES string of the molecule is CCCSSC[C@@H](C=O)NC(=O)[C@H](CC=O)NC(=O)[C@H](CCCN=C(N)N)NC(=O)[C@H](CC=O)NC(=O)CC[C@H](NC(=O)c1ccc(NCc2cnc3nc(N)[nH]c(=O)c3n2)cc1)C(=O)O. The molecular weight excluding hydrogens is 905 g/mol. The molecule has 0 saturated heterocycles. The summed E-state index contributed by atoms with van der Waals surface area (Å²) in [5.41, 5.74) is 16.8. The minimum absolute atomic E-state index is 0.00352. The molecule has 0 saturated carbocycles. The number of nitrogen functional groups attached to an aromatic ring is 1. The van der Waals surface area contributed by atoms with Crippen molar-refractivity contribution in [2.75, 3.05) is 29.1 Å². The van der Waals surface area contributed by atoms with E-state index in [1.165, 1.54) is 52.1 Å². The van der Waals surface area contributed by atoms with Crippen LogP contribution in [-0.4, -0.2) is 134 Å². The van der Waals surface area contributed by atoms with Crippen LogP contribution < -0.4 is 54.7 Å². The summed E-state index contributed by atoms with van der Waals surface area (Å²) in [6, 6.07) is -0.979. The van der Waals surface area contributed by atoms with Gasteiger partial charge in [0.2, 0.25) is 29.6 Å². The number of benzene rings is 1. The molecule has 14 N–H and O–H groups in total. The maximum Gasteiger partial charge on any atom is 0.326 e. The lowest BCUT2D eigenvalue weighted by Crippen LogP contribution is -2.57. The second-order valence-electron chi connectivity index (χ2n) is 14.2. The third kappa shape index (κ3) is 18.1. The highest BCUT2D eigenvalue weighted by Crippen LogP contribution is 2.22. The van der Waals surface area contributed by atoms with E-state index in [0.29, 0.717) is 30.2 Å². The van der Waals surface area contributed by atoms with Crippen molar-refractivity contribution in [2.24, 2.45) is 16.5 Å². The molecular formula is C39H52N14O11S2. The predicted molar refractivity (Wildman–Crippen MR) is 245 cm³/mol. The molecule has 25 nitrogen and oxygen atoms in total. The summed E-state index contributed by atoms with van der Waals surface area (Å²) in [6.07, 6.45) is 1.55. The highest BCUT2D eigenvalue weighted by atomic mass is 33.1. The van der Waals surface area contributed by atoms with E-state index in [0.717, 1.165) is 12.2 Å². The van der Waals surface area contributed by atoms with Gasteiger partial charge in [-0.3, -0.25) is 38.7 Å². The number of guanidine groups is 1. The number of hydrogen-bond donors (Lipinski definition) is 11. The van der Waals surface area contributed by atoms with Crippen LogP contribution >= 0.6 is 21.6 Å². The first kappa shape index (κ1) is 53.2. The Hall–Kier alpha value is -7.16. The van der Waals surface area contributed by atoms with Crippen molar-refractivity contribution in [2.45, 2.75) is 88.6 Å². The van der Waals surface area contributed by atoms with Gasteiger partial charge in [0.05, 0.1) is 24.5 Å². The molecule has 0 aliphatic carbocycles. The minimum Gasteiger partial charge on any atom is -0.480 e. The molecule has 66 heavy (non-hydrogen) atoms. The fourth-order valence-electron chi connectivity index (χ4n) is 5.66. The van der Waals surface area contributed by atoms with Gasteiger partial charge in [-0.05, 0) is 49.9 Å². The maximum atomic E-state index is 13.5. The Kier molecular flexibility index (Phi) is 22.5. The quantitative estimate of drug-likeness (QED) is 0.0113. The standard InChI is InChI=1S/C39H52N14O11S2/c1-2-16-65-66-20-24(19-56)47-33(59)27(12-15-55)50-34(60)25(4-3-13-43-38(40)41)49-35(61)26(11-14-54)48-29(57)10-9-28(37(63)64)51-32(58)21-5-7-22(8-6-21)44-17-23-18-45-31-30(46-23)36(62)53-39(42)52-31/h5-8,14-15,18-19,24-28,44H,2-4,9-13,16-17,20H2,1H3,(H,47,59)(H,48,57)(H,49,61)(H,50,60)(H,51,58)(H,63,64)(H4,40,41,43)(H3,42,45,52,53,62)/t24-,25+,26+,27+,28+/m1/s1. The molecule has 0 aliphatic heterocycles. The van der Waals surface area contributed by atoms with E-state index < -0.39 is 97.0 Å². The van der Waals surface area contributed by atoms with Crippen molar-refractivity contribution in [3.8, 4) is 0 Å². The van der Waals surface area contributed by atoms with Gasteiger partial charge in [0.25, 0.3) is 11.5 Å². The summed E-state index contributed by atoms with van der Waals surface area (Å²) in [5, 5.41) is 24.9. The third-order valence-corrected chi connectivity index (χ3v) is 11.7. The van der Waals surface area contributed by atoms with Crippen LogP contribution in [0.3, 0.4) is 0 Å². The zero-order valence-corrected chi connectivity index (χ0v) is 37.3. The number of carbonyl (C=O) groups is 9. The number of anilines is 2. The van der Waals surface area contributed by atoms with Crippen molar-refractivity contribution in [3.05, 3.63) is 52.1 Å². The number of aromatic nitrogens is 4. The Morgan fingerprint density at radius 3 is 2.14 bits per heavy atom. The number of fused-ring (bicyclic) bond motifs is 1. The normalized spacial score (nSPS) is 13.0. The Labute approximate surface area is 384 Å². The number of carboxylic acids is 1. The first-order chi connectivity index (χ1) is 31.6. The Bertz CT molecular complexity index is 2280. The molecule has 0 fully saturated rings. The molecule has 3 rings (SSSR count). The van der Waals surface area contributed by atoms with Crippen molar-refractivity contribution in [1.82, 2.24) is 46.5 Å². The smallest absolute Gasteiger partial charge is 0.326 e. The zero-order chi connectivity index (χ0) is 48.6. The Morgan fingerprint density at radius 2 is 1.50 bits per heavy atom. The zero-order valence-electron chi connectivity index (χ0n) is 35.7. The molecule has 3 aromatic rings. The lowest BCUT2D eigenvalue weighted by molar-refractivity contribution is -0.139. The first-order valence-corrected chi connectivity index (χ1v) is 22.8. The molecule has 5 atom stereocenters. The largest absolute Gasteiger partial charge is 0.480 e. The highest BCUT2D eigenvalue weighted by molar-refractivity contribution is 8.76. The number of aliphatic imine (C=N–C) groups is 1. The summed E-state index contributed by atoms with van der Waals surface area (Å²) in [7, 11) is 2.87. The Morgan fingerprint density at radius 1 is 0.848 bits per heavy atom. The average molecular weight is 957 g/mol. The van der Waals surface area contributed by atoms with Gasteiger partial charge in [-0.2, -0.15) is 4.98 Å². The molecule has 0 unspecified atom stereocenters. The first-order valence-electron chi connectivity index (χ1n) is 20.3. The van der Waals surface area contributed by atoms with Crippen molar-refractivity contribution < 1.29 is 48.3 Å². The number of aromatic amines is 1. The van der Waals surface area contributed by atoms with Crippen LogP contribution in [0.2, 0.25) is 0 Å². The van der Waals surface area contributed by atoms with Crippen LogP contribution in [-0.2, 0) is 44.9 Å². The fraction of sp³-hybridized carbons (Fsp3) is 0.436. The number of H-pyrrole nitrogens is 1. The highest BCUT2D eigenvalue weighted by Gasteiger charge is 2.31. The van der Waals surface area contributed by atoms with E-state index in [4.69, 9.17) is 17.2 Å². The summed E-state index contributed by atoms with van der Waals surface area (Å²) in [4.78, 5) is 144. The molecule has 2 aromatic heterocycles. The van der Waals surface area contributed by atoms with E-state index in [-0.39, 0.29) is 60.3 Å². The van der Waals surface area contributed by atoms with E-state index in [9.17, 15) is 53.1 Å². The number of amides is 5. The number of nitrogens with two attached hydrogens (primary N) is 3. The van der Waals surface area contributed by atoms with Crippen molar-refractivity contribution >= 4 is 105 Å². The van der Waals surface area contributed by atoms with E-state index in [1.54, 1.807) is 0 Å². The predicted octanol–water partition coefficient (Wildman–Crippen LogP) is -1.97. The van der Waals surface area contributed by atoms with Gasteiger partial charge in [-0.25, -0.2) is 14.8 Å².